The molecule has 0 atom stereocenters. The number of hydrogen-bond donors (Lipinski definition) is 2. The van der Waals surface area contributed by atoms with E-state index in [1.807, 2.05) is 19.9 Å². The van der Waals surface area contributed by atoms with Crippen LogP contribution in [0.25, 0.3) is 11.1 Å². The summed E-state index contributed by atoms with van der Waals surface area (Å²) in [4.78, 5) is 20.1. The number of nitrogens with one attached hydrogen (secondary N) is 1. The van der Waals surface area contributed by atoms with E-state index >= 15 is 0 Å². The molecular weight excluding hydrogens is 496 g/mol. The van der Waals surface area contributed by atoms with Gasteiger partial charge < -0.3 is 29.0 Å². The molecule has 0 aliphatic rings. The molecule has 0 bridgehead atoms. The molecule has 8 nitrogen and oxygen atoms in total. The first-order chi connectivity index (χ1) is 17.7. The van der Waals surface area contributed by atoms with Crippen molar-refractivity contribution in [1.82, 2.24) is 4.98 Å². The number of aromatic nitrogens is 1. The molecule has 0 aliphatic carbocycles. The quantitative estimate of drug-likeness (QED) is 0.155. The van der Waals surface area contributed by atoms with E-state index in [4.69, 9.17) is 30.5 Å². The fourth-order valence-electron chi connectivity index (χ4n) is 3.58. The average molecular weight is 529 g/mol. The minimum Gasteiger partial charge on any atom is -0.506 e. The molecule has 2 aromatic rings. The van der Waals surface area contributed by atoms with Gasteiger partial charge in [0.25, 0.3) is 5.56 Å². The van der Waals surface area contributed by atoms with Crippen LogP contribution in [-0.4, -0.2) is 43.9 Å². The van der Waals surface area contributed by atoms with Crippen LogP contribution in [0.2, 0.25) is 0 Å². The lowest BCUT2D eigenvalue weighted by Gasteiger charge is -2.20. The molecule has 1 heterocycles. The maximum Gasteiger partial charge on any atom is 0.264 e. The Morgan fingerprint density at radius 2 is 1.81 bits per heavy atom. The fraction of sp³-hybridized carbons (Fsp3) is 0.286. The summed E-state index contributed by atoms with van der Waals surface area (Å²) >= 11 is 5.82. The second-order valence-electron chi connectivity index (χ2n) is 7.70. The molecule has 0 radical (unpaired) electrons. The maximum atomic E-state index is 13.2. The third-order valence-corrected chi connectivity index (χ3v) is 5.43. The molecule has 0 unspecified atom stereocenters. The summed E-state index contributed by atoms with van der Waals surface area (Å²) in [5.74, 6) is 0.682. The normalized spacial score (nSPS) is 12.1. The minimum absolute atomic E-state index is 0.0329. The topological polar surface area (TPSA) is 102 Å². The molecule has 9 heteroatoms. The first-order valence-corrected chi connectivity index (χ1v) is 11.9. The summed E-state index contributed by atoms with van der Waals surface area (Å²) in [5, 5.41) is 11.9. The lowest BCUT2D eigenvalue weighted by atomic mass is 9.98. The van der Waals surface area contributed by atoms with Gasteiger partial charge in [0.2, 0.25) is 5.90 Å². The second-order valence-corrected chi connectivity index (χ2v) is 8.18. The molecule has 0 spiro atoms. The molecule has 2 N–H and O–H groups in total. The molecule has 1 aromatic carbocycles. The Balaban J connectivity index is 2.65. The molecular formula is C28H33ClN2O6. The van der Waals surface area contributed by atoms with Crippen molar-refractivity contribution in [3.05, 3.63) is 87.6 Å². The SMILES string of the molecule is C=C(Cl)/C=C\C(=C/C)CC(=C)OC(=NC)c1c(O)c(-c2c(OC)cccc2OC)c(COCC)[nH]c1=O. The number of aromatic hydroxyl groups is 1. The highest BCUT2D eigenvalue weighted by Gasteiger charge is 2.27. The first-order valence-electron chi connectivity index (χ1n) is 11.5. The van der Waals surface area contributed by atoms with Gasteiger partial charge in [-0.2, -0.15) is 0 Å². The van der Waals surface area contributed by atoms with Crippen molar-refractivity contribution in [2.45, 2.75) is 26.9 Å². The van der Waals surface area contributed by atoms with Crippen LogP contribution in [-0.2, 0) is 16.1 Å². The number of methoxy groups -OCH3 is 2. The number of allylic oxidation sites excluding steroid dienone is 5. The molecule has 198 valence electrons. The van der Waals surface area contributed by atoms with Crippen molar-refractivity contribution in [3.8, 4) is 28.4 Å². The number of ether oxygens (including phenoxy) is 4. The third-order valence-electron chi connectivity index (χ3n) is 5.30. The summed E-state index contributed by atoms with van der Waals surface area (Å²) in [5.41, 5.74) is 1.13. The third kappa shape index (κ3) is 7.38. The number of rotatable bonds is 12. The van der Waals surface area contributed by atoms with E-state index in [1.165, 1.54) is 21.3 Å². The average Bonchev–Trinajstić information content (AvgIpc) is 2.88. The van der Waals surface area contributed by atoms with Crippen molar-refractivity contribution in [3.63, 3.8) is 0 Å². The van der Waals surface area contributed by atoms with Gasteiger partial charge in [0.15, 0.2) is 0 Å². The molecule has 1 aromatic heterocycles. The standard InChI is InChI=1S/C28H33ClN2O6/c1-8-19(14-13-17(3)29)15-18(4)37-28(30-5)25-26(32)23(20(16-36-9-2)31-27(25)33)24-21(34-6)11-10-12-22(24)35-7/h8,10-14H,3-4,9,15-16H2,1-2,5-7H3,(H2,31,32,33)/b14-13-,19-8+,30-28?. The van der Waals surface area contributed by atoms with Crippen LogP contribution in [0.4, 0.5) is 0 Å². The van der Waals surface area contributed by atoms with Gasteiger partial charge in [0.1, 0.15) is 28.6 Å². The van der Waals surface area contributed by atoms with Crippen LogP contribution >= 0.6 is 11.6 Å². The van der Waals surface area contributed by atoms with Crippen molar-refractivity contribution in [1.29, 1.82) is 0 Å². The Morgan fingerprint density at radius 3 is 2.32 bits per heavy atom. The minimum atomic E-state index is -0.609. The van der Waals surface area contributed by atoms with E-state index < -0.39 is 5.56 Å². The number of pyridine rings is 1. The van der Waals surface area contributed by atoms with Crippen molar-refractivity contribution in [2.24, 2.45) is 4.99 Å². The fourth-order valence-corrected chi connectivity index (χ4v) is 3.64. The molecule has 0 saturated heterocycles. The Kier molecular flexibility index (Phi) is 11.2. The summed E-state index contributed by atoms with van der Waals surface area (Å²) in [6.45, 7) is 11.7. The predicted octanol–water partition coefficient (Wildman–Crippen LogP) is 5.85. The van der Waals surface area contributed by atoms with Crippen LogP contribution < -0.4 is 15.0 Å². The highest BCUT2D eigenvalue weighted by molar-refractivity contribution is 6.30. The summed E-state index contributed by atoms with van der Waals surface area (Å²) < 4.78 is 22.5. The molecule has 0 aliphatic heterocycles. The lowest BCUT2D eigenvalue weighted by molar-refractivity contribution is 0.131. The lowest BCUT2D eigenvalue weighted by Crippen LogP contribution is -2.23. The number of aromatic amines is 1. The van der Waals surface area contributed by atoms with Crippen LogP contribution in [0.3, 0.4) is 0 Å². The highest BCUT2D eigenvalue weighted by atomic mass is 35.5. The molecule has 2 rings (SSSR count). The molecule has 37 heavy (non-hydrogen) atoms. The van der Waals surface area contributed by atoms with Gasteiger partial charge in [0, 0.05) is 25.1 Å². The zero-order valence-electron chi connectivity index (χ0n) is 21.8. The zero-order chi connectivity index (χ0) is 27.5. The Bertz CT molecular complexity index is 1270. The molecule has 0 fully saturated rings. The van der Waals surface area contributed by atoms with Crippen LogP contribution in [0.15, 0.2) is 75.7 Å². The second kappa shape index (κ2) is 14.1. The Labute approximate surface area is 222 Å². The number of benzene rings is 1. The van der Waals surface area contributed by atoms with E-state index in [9.17, 15) is 9.90 Å². The van der Waals surface area contributed by atoms with Crippen LogP contribution in [0.5, 0.6) is 17.2 Å². The largest absolute Gasteiger partial charge is 0.506 e. The Hall–Kier alpha value is -3.75. The van der Waals surface area contributed by atoms with Gasteiger partial charge in [-0.25, -0.2) is 0 Å². The van der Waals surface area contributed by atoms with Crippen molar-refractivity contribution >= 4 is 17.5 Å². The van der Waals surface area contributed by atoms with Crippen molar-refractivity contribution < 1.29 is 24.1 Å². The van der Waals surface area contributed by atoms with Gasteiger partial charge in [-0.15, -0.1) is 0 Å². The zero-order valence-corrected chi connectivity index (χ0v) is 22.6. The summed E-state index contributed by atoms with van der Waals surface area (Å²) in [6.07, 6.45) is 5.61. The van der Waals surface area contributed by atoms with E-state index in [1.54, 1.807) is 30.4 Å². The summed E-state index contributed by atoms with van der Waals surface area (Å²) in [7, 11) is 4.46. The van der Waals surface area contributed by atoms with E-state index in [2.05, 4.69) is 23.1 Å². The van der Waals surface area contributed by atoms with Crippen LogP contribution in [0.1, 0.15) is 31.5 Å². The number of nitrogens with zero attached hydrogens (tertiary/aromatic N) is 1. The monoisotopic (exact) mass is 528 g/mol. The van der Waals surface area contributed by atoms with E-state index in [0.717, 1.165) is 5.57 Å². The summed E-state index contributed by atoms with van der Waals surface area (Å²) in [6, 6.07) is 5.20. The van der Waals surface area contributed by atoms with E-state index in [-0.39, 0.29) is 29.4 Å². The molecule has 0 amide bonds. The first kappa shape index (κ1) is 29.5. The predicted molar refractivity (Wildman–Crippen MR) is 148 cm³/mol. The number of hydrogen-bond acceptors (Lipinski definition) is 7. The number of aliphatic imine (C=N–C) groups is 1. The number of H-pyrrole nitrogens is 1. The van der Waals surface area contributed by atoms with Gasteiger partial charge in [0.05, 0.1) is 37.6 Å². The van der Waals surface area contributed by atoms with Gasteiger partial charge in [-0.3, -0.25) is 9.79 Å². The molecule has 0 saturated carbocycles. The van der Waals surface area contributed by atoms with Crippen LogP contribution in [0, 0.1) is 0 Å². The maximum absolute atomic E-state index is 13.2. The van der Waals surface area contributed by atoms with Gasteiger partial charge in [-0.1, -0.05) is 43.0 Å². The van der Waals surface area contributed by atoms with Gasteiger partial charge in [-0.05, 0) is 37.6 Å². The Morgan fingerprint density at radius 1 is 1.16 bits per heavy atom. The van der Waals surface area contributed by atoms with Gasteiger partial charge >= 0.3 is 0 Å². The smallest absolute Gasteiger partial charge is 0.264 e. The number of halogens is 1. The van der Waals surface area contributed by atoms with E-state index in [0.29, 0.717) is 46.6 Å². The highest BCUT2D eigenvalue weighted by Crippen LogP contribution is 2.44. The van der Waals surface area contributed by atoms with Crippen molar-refractivity contribution in [2.75, 3.05) is 27.9 Å².